The maximum Gasteiger partial charge on any atom is 0.247 e. The minimum absolute atomic E-state index is 0.113. The molecule has 2 N–H and O–H groups in total. The van der Waals surface area contributed by atoms with E-state index in [0.717, 1.165) is 35.6 Å². The Labute approximate surface area is 122 Å². The van der Waals surface area contributed by atoms with Crippen LogP contribution in [0.1, 0.15) is 30.6 Å². The highest BCUT2D eigenvalue weighted by Gasteiger charge is 2.36. The summed E-state index contributed by atoms with van der Waals surface area (Å²) in [5, 5.41) is 5.08. The predicted molar refractivity (Wildman–Crippen MR) is 76.9 cm³/mol. The van der Waals surface area contributed by atoms with Gasteiger partial charge in [0.15, 0.2) is 0 Å². The van der Waals surface area contributed by atoms with Crippen LogP contribution in [0, 0.1) is 5.92 Å². The van der Waals surface area contributed by atoms with Gasteiger partial charge in [0.25, 0.3) is 0 Å². The van der Waals surface area contributed by atoms with Gasteiger partial charge in [0, 0.05) is 17.5 Å². The zero-order chi connectivity index (χ0) is 14.3. The van der Waals surface area contributed by atoms with Gasteiger partial charge in [-0.15, -0.1) is 11.3 Å². The standard InChI is InChI=1S/C13H18N2O3S2/c14-20(17,18)13-6-5-11(19-13)7-12(16)15(10-3-4-10)8-9-1-2-9/h5-6,9-10H,1-4,7-8H2,(H2,14,17,18). The highest BCUT2D eigenvalue weighted by Crippen LogP contribution is 2.35. The third-order valence-electron chi connectivity index (χ3n) is 3.70. The fourth-order valence-electron chi connectivity index (χ4n) is 2.28. The maximum atomic E-state index is 12.4. The molecule has 5 nitrogen and oxygen atoms in total. The zero-order valence-electron chi connectivity index (χ0n) is 11.1. The number of carbonyl (C=O) groups is 1. The summed E-state index contributed by atoms with van der Waals surface area (Å²) in [5.41, 5.74) is 0. The van der Waals surface area contributed by atoms with E-state index in [9.17, 15) is 13.2 Å². The van der Waals surface area contributed by atoms with E-state index in [-0.39, 0.29) is 16.5 Å². The highest BCUT2D eigenvalue weighted by atomic mass is 32.2. The highest BCUT2D eigenvalue weighted by molar-refractivity contribution is 7.91. The Morgan fingerprint density at radius 1 is 1.30 bits per heavy atom. The van der Waals surface area contributed by atoms with Crippen molar-refractivity contribution in [3.8, 4) is 0 Å². The number of rotatable bonds is 6. The van der Waals surface area contributed by atoms with E-state index in [2.05, 4.69) is 0 Å². The fraction of sp³-hybridized carbons (Fsp3) is 0.615. The third-order valence-corrected chi connectivity index (χ3v) is 6.23. The van der Waals surface area contributed by atoms with Gasteiger partial charge in [0.1, 0.15) is 4.21 Å². The van der Waals surface area contributed by atoms with Gasteiger partial charge in [0.05, 0.1) is 6.42 Å². The Hall–Kier alpha value is -0.920. The van der Waals surface area contributed by atoms with E-state index in [1.807, 2.05) is 4.90 Å². The molecule has 2 fully saturated rings. The van der Waals surface area contributed by atoms with Crippen LogP contribution in [0.15, 0.2) is 16.3 Å². The lowest BCUT2D eigenvalue weighted by Crippen LogP contribution is -2.35. The second-order valence-electron chi connectivity index (χ2n) is 5.66. The second-order valence-corrected chi connectivity index (χ2v) is 8.62. The van der Waals surface area contributed by atoms with Crippen molar-refractivity contribution < 1.29 is 13.2 Å². The summed E-state index contributed by atoms with van der Waals surface area (Å²) in [6, 6.07) is 3.58. The molecule has 3 rings (SSSR count). The van der Waals surface area contributed by atoms with Crippen molar-refractivity contribution in [1.29, 1.82) is 0 Å². The number of hydrogen-bond donors (Lipinski definition) is 1. The number of nitrogens with two attached hydrogens (primary N) is 1. The Balaban J connectivity index is 1.66. The van der Waals surface area contributed by atoms with Crippen molar-refractivity contribution in [2.24, 2.45) is 11.1 Å². The van der Waals surface area contributed by atoms with Gasteiger partial charge in [-0.05, 0) is 43.7 Å². The Morgan fingerprint density at radius 3 is 2.50 bits per heavy atom. The van der Waals surface area contributed by atoms with Crippen molar-refractivity contribution in [3.63, 3.8) is 0 Å². The first-order valence-electron chi connectivity index (χ1n) is 6.84. The number of hydrogen-bond acceptors (Lipinski definition) is 4. The van der Waals surface area contributed by atoms with Crippen molar-refractivity contribution in [3.05, 3.63) is 17.0 Å². The number of amides is 1. The van der Waals surface area contributed by atoms with E-state index in [1.54, 1.807) is 6.07 Å². The van der Waals surface area contributed by atoms with Crippen molar-refractivity contribution in [1.82, 2.24) is 4.90 Å². The molecule has 1 aromatic rings. The van der Waals surface area contributed by atoms with E-state index in [0.29, 0.717) is 12.0 Å². The molecule has 1 heterocycles. The first-order valence-corrected chi connectivity index (χ1v) is 9.21. The Kier molecular flexibility index (Phi) is 3.60. The van der Waals surface area contributed by atoms with Crippen molar-refractivity contribution >= 4 is 27.3 Å². The average molecular weight is 314 g/mol. The first-order chi connectivity index (χ1) is 9.43. The average Bonchev–Trinajstić information content (AvgIpc) is 3.25. The first kappa shape index (κ1) is 14.0. The van der Waals surface area contributed by atoms with E-state index >= 15 is 0 Å². The molecule has 1 amide bonds. The molecule has 110 valence electrons. The number of carbonyl (C=O) groups excluding carboxylic acids is 1. The van der Waals surface area contributed by atoms with Crippen molar-refractivity contribution in [2.75, 3.05) is 6.54 Å². The Bertz CT molecular complexity index is 615. The number of nitrogens with zero attached hydrogens (tertiary/aromatic N) is 1. The molecule has 1 aromatic heterocycles. The van der Waals surface area contributed by atoms with Crippen LogP contribution in [-0.2, 0) is 21.2 Å². The van der Waals surface area contributed by atoms with Crippen LogP contribution in [0.25, 0.3) is 0 Å². The molecule has 0 atom stereocenters. The Morgan fingerprint density at radius 2 is 2.00 bits per heavy atom. The van der Waals surface area contributed by atoms with Gasteiger partial charge in [0.2, 0.25) is 15.9 Å². The lowest BCUT2D eigenvalue weighted by atomic mass is 10.2. The van der Waals surface area contributed by atoms with Gasteiger partial charge >= 0.3 is 0 Å². The fourth-order valence-corrected chi connectivity index (χ4v) is 4.05. The molecular formula is C13H18N2O3S2. The molecule has 2 saturated carbocycles. The summed E-state index contributed by atoms with van der Waals surface area (Å²) in [6.45, 7) is 0.872. The molecule has 0 unspecified atom stereocenters. The monoisotopic (exact) mass is 314 g/mol. The van der Waals surface area contributed by atoms with E-state index in [1.165, 1.54) is 18.9 Å². The van der Waals surface area contributed by atoms with Crippen LogP contribution in [0.5, 0.6) is 0 Å². The summed E-state index contributed by atoms with van der Waals surface area (Å²) in [4.78, 5) is 15.1. The minimum atomic E-state index is -3.66. The minimum Gasteiger partial charge on any atom is -0.339 e. The van der Waals surface area contributed by atoms with Crippen LogP contribution in [0.4, 0.5) is 0 Å². The summed E-state index contributed by atoms with van der Waals surface area (Å²) in [5.74, 6) is 0.796. The topological polar surface area (TPSA) is 80.5 Å². The molecule has 7 heteroatoms. The summed E-state index contributed by atoms with van der Waals surface area (Å²) >= 11 is 1.09. The molecule has 0 aliphatic heterocycles. The van der Waals surface area contributed by atoms with Crippen LogP contribution in [0.3, 0.4) is 0 Å². The third kappa shape index (κ3) is 3.39. The number of thiophene rings is 1. The van der Waals surface area contributed by atoms with E-state index in [4.69, 9.17) is 5.14 Å². The normalized spacial score (nSPS) is 19.1. The molecule has 0 bridgehead atoms. The van der Waals surface area contributed by atoms with Gasteiger partial charge in [-0.25, -0.2) is 13.6 Å². The molecule has 0 radical (unpaired) electrons. The molecule has 0 saturated heterocycles. The van der Waals surface area contributed by atoms with Crippen LogP contribution in [0.2, 0.25) is 0 Å². The lowest BCUT2D eigenvalue weighted by Gasteiger charge is -2.22. The lowest BCUT2D eigenvalue weighted by molar-refractivity contribution is -0.131. The maximum absolute atomic E-state index is 12.4. The van der Waals surface area contributed by atoms with Crippen LogP contribution >= 0.6 is 11.3 Å². The van der Waals surface area contributed by atoms with Crippen LogP contribution < -0.4 is 5.14 Å². The molecule has 0 aromatic carbocycles. The molecule has 0 spiro atoms. The SMILES string of the molecule is NS(=O)(=O)c1ccc(CC(=O)N(CC2CC2)C2CC2)s1. The molecule has 20 heavy (non-hydrogen) atoms. The molecule has 2 aliphatic rings. The van der Waals surface area contributed by atoms with Crippen molar-refractivity contribution in [2.45, 2.75) is 42.4 Å². The van der Waals surface area contributed by atoms with Gasteiger partial charge in [-0.2, -0.15) is 0 Å². The molecular weight excluding hydrogens is 296 g/mol. The van der Waals surface area contributed by atoms with Gasteiger partial charge < -0.3 is 4.90 Å². The zero-order valence-corrected chi connectivity index (χ0v) is 12.8. The quantitative estimate of drug-likeness (QED) is 0.860. The van der Waals surface area contributed by atoms with Gasteiger partial charge in [-0.1, -0.05) is 0 Å². The predicted octanol–water partition coefficient (Wildman–Crippen LogP) is 1.34. The summed E-state index contributed by atoms with van der Waals surface area (Å²) in [7, 11) is -3.66. The largest absolute Gasteiger partial charge is 0.339 e. The second kappa shape index (κ2) is 5.13. The van der Waals surface area contributed by atoms with E-state index < -0.39 is 10.0 Å². The number of primary sulfonamides is 1. The van der Waals surface area contributed by atoms with Crippen LogP contribution in [-0.4, -0.2) is 31.8 Å². The van der Waals surface area contributed by atoms with Gasteiger partial charge in [-0.3, -0.25) is 4.79 Å². The molecule has 2 aliphatic carbocycles. The number of sulfonamides is 1. The summed E-state index contributed by atoms with van der Waals surface area (Å²) in [6.07, 6.45) is 4.94. The summed E-state index contributed by atoms with van der Waals surface area (Å²) < 4.78 is 22.6. The smallest absolute Gasteiger partial charge is 0.247 e.